The summed E-state index contributed by atoms with van der Waals surface area (Å²) in [6, 6.07) is 11.6. The minimum atomic E-state index is -0.0858. The fraction of sp³-hybridized carbons (Fsp3) is 0.385. The van der Waals surface area contributed by atoms with Crippen molar-refractivity contribution in [1.82, 2.24) is 9.80 Å². The molecule has 0 fully saturated rings. The second-order valence-corrected chi connectivity index (χ2v) is 9.93. The number of hydrogen-bond acceptors (Lipinski definition) is 6. The molecule has 3 aromatic rings. The van der Waals surface area contributed by atoms with E-state index in [1.54, 1.807) is 30.5 Å². The maximum atomic E-state index is 13.5. The summed E-state index contributed by atoms with van der Waals surface area (Å²) in [6.45, 7) is 5.77. The third kappa shape index (κ3) is 6.61. The van der Waals surface area contributed by atoms with Gasteiger partial charge in [-0.05, 0) is 65.9 Å². The minimum Gasteiger partial charge on any atom is -0.493 e. The molecule has 0 saturated heterocycles. The highest BCUT2D eigenvalue weighted by atomic mass is 32.1. The van der Waals surface area contributed by atoms with Crippen molar-refractivity contribution in [3.8, 4) is 11.5 Å². The van der Waals surface area contributed by atoms with Gasteiger partial charge in [-0.2, -0.15) is 0 Å². The number of carbonyl (C=O) groups excluding carboxylic acids is 2. The standard InChI is InChI=1S/C26H32N2O4S2/c1-5-12-28(26(30)23-7-6-14-33-23)18-25(29)27(17-24-19(2)11-15-34-24)13-10-20-8-9-21(31-3)22(16-20)32-4/h6-9,11,14-16H,5,10,12-13,17-18H2,1-4H3. The summed E-state index contributed by atoms with van der Waals surface area (Å²) >= 11 is 3.06. The number of carbonyl (C=O) groups is 2. The SMILES string of the molecule is CCCN(CC(=O)N(CCc1ccc(OC)c(OC)c1)Cc1sccc1C)C(=O)c1cccs1. The predicted molar refractivity (Wildman–Crippen MR) is 138 cm³/mol. The first-order chi connectivity index (χ1) is 16.5. The number of nitrogens with zero attached hydrogens (tertiary/aromatic N) is 2. The van der Waals surface area contributed by atoms with Crippen LogP contribution in [0.25, 0.3) is 0 Å². The topological polar surface area (TPSA) is 59.1 Å². The van der Waals surface area contributed by atoms with E-state index in [1.165, 1.54) is 16.9 Å². The summed E-state index contributed by atoms with van der Waals surface area (Å²) in [6.07, 6.45) is 1.46. The van der Waals surface area contributed by atoms with E-state index in [0.717, 1.165) is 16.9 Å². The first kappa shape index (κ1) is 25.8. The predicted octanol–water partition coefficient (Wildman–Crippen LogP) is 5.26. The second kappa shape index (κ2) is 12.6. The van der Waals surface area contributed by atoms with Gasteiger partial charge in [-0.15, -0.1) is 22.7 Å². The van der Waals surface area contributed by atoms with Crippen LogP contribution in [0.3, 0.4) is 0 Å². The average Bonchev–Trinajstić information content (AvgIpc) is 3.52. The van der Waals surface area contributed by atoms with Gasteiger partial charge in [0.05, 0.1) is 25.6 Å². The molecule has 0 radical (unpaired) electrons. The zero-order chi connectivity index (χ0) is 24.5. The van der Waals surface area contributed by atoms with E-state index in [9.17, 15) is 9.59 Å². The number of ether oxygens (including phenoxy) is 2. The average molecular weight is 501 g/mol. The Morgan fingerprint density at radius 3 is 2.35 bits per heavy atom. The largest absolute Gasteiger partial charge is 0.493 e. The molecule has 2 heterocycles. The van der Waals surface area contributed by atoms with Crippen molar-refractivity contribution in [2.45, 2.75) is 33.2 Å². The van der Waals surface area contributed by atoms with E-state index in [2.05, 4.69) is 13.0 Å². The Morgan fingerprint density at radius 1 is 0.941 bits per heavy atom. The fourth-order valence-electron chi connectivity index (χ4n) is 3.67. The first-order valence-electron chi connectivity index (χ1n) is 11.3. The van der Waals surface area contributed by atoms with Crippen LogP contribution in [0, 0.1) is 6.92 Å². The number of hydrogen-bond donors (Lipinski definition) is 0. The number of aryl methyl sites for hydroxylation is 1. The molecule has 0 bridgehead atoms. The van der Waals surface area contributed by atoms with Crippen LogP contribution in [0.4, 0.5) is 0 Å². The van der Waals surface area contributed by atoms with Crippen LogP contribution >= 0.6 is 22.7 Å². The van der Waals surface area contributed by atoms with Crippen molar-refractivity contribution in [2.24, 2.45) is 0 Å². The van der Waals surface area contributed by atoms with Gasteiger partial charge in [-0.3, -0.25) is 9.59 Å². The third-order valence-corrected chi connectivity index (χ3v) is 7.48. The van der Waals surface area contributed by atoms with Gasteiger partial charge in [0.15, 0.2) is 11.5 Å². The van der Waals surface area contributed by atoms with E-state index in [1.807, 2.05) is 52.9 Å². The van der Waals surface area contributed by atoms with Crippen LogP contribution in [-0.2, 0) is 17.8 Å². The zero-order valence-electron chi connectivity index (χ0n) is 20.2. The van der Waals surface area contributed by atoms with Crippen LogP contribution in [-0.4, -0.2) is 55.5 Å². The highest BCUT2D eigenvalue weighted by molar-refractivity contribution is 7.12. The smallest absolute Gasteiger partial charge is 0.264 e. The van der Waals surface area contributed by atoms with Crippen molar-refractivity contribution in [2.75, 3.05) is 33.9 Å². The van der Waals surface area contributed by atoms with Crippen LogP contribution in [0.15, 0.2) is 47.2 Å². The molecule has 182 valence electrons. The van der Waals surface area contributed by atoms with Crippen LogP contribution < -0.4 is 9.47 Å². The second-order valence-electron chi connectivity index (χ2n) is 7.99. The van der Waals surface area contributed by atoms with Gasteiger partial charge in [-0.1, -0.05) is 19.1 Å². The third-order valence-electron chi connectivity index (χ3n) is 5.61. The summed E-state index contributed by atoms with van der Waals surface area (Å²) in [4.78, 5) is 31.8. The molecule has 0 N–H and O–H groups in total. The molecule has 2 amide bonds. The molecule has 0 aliphatic heterocycles. The van der Waals surface area contributed by atoms with Crippen molar-refractivity contribution in [1.29, 1.82) is 0 Å². The van der Waals surface area contributed by atoms with E-state index >= 15 is 0 Å². The molecule has 2 aromatic heterocycles. The Kier molecular flexibility index (Phi) is 9.53. The molecule has 1 aromatic carbocycles. The van der Waals surface area contributed by atoms with Crippen LogP contribution in [0.1, 0.15) is 39.0 Å². The van der Waals surface area contributed by atoms with Gasteiger partial charge >= 0.3 is 0 Å². The lowest BCUT2D eigenvalue weighted by atomic mass is 10.1. The molecular weight excluding hydrogens is 468 g/mol. The summed E-state index contributed by atoms with van der Waals surface area (Å²) in [7, 11) is 3.23. The van der Waals surface area contributed by atoms with Crippen LogP contribution in [0.5, 0.6) is 11.5 Å². The summed E-state index contributed by atoms with van der Waals surface area (Å²) in [5, 5.41) is 3.93. The van der Waals surface area contributed by atoms with Gasteiger partial charge in [0, 0.05) is 18.0 Å². The number of methoxy groups -OCH3 is 2. The molecule has 0 atom stereocenters. The highest BCUT2D eigenvalue weighted by Crippen LogP contribution is 2.28. The summed E-state index contributed by atoms with van der Waals surface area (Å²) in [5.41, 5.74) is 2.23. The van der Waals surface area contributed by atoms with Gasteiger partial charge < -0.3 is 19.3 Å². The lowest BCUT2D eigenvalue weighted by Crippen LogP contribution is -2.43. The van der Waals surface area contributed by atoms with E-state index in [0.29, 0.717) is 42.4 Å². The molecule has 3 rings (SSSR count). The van der Waals surface area contributed by atoms with Gasteiger partial charge in [0.25, 0.3) is 5.91 Å². The molecule has 0 spiro atoms. The molecule has 0 aliphatic carbocycles. The molecule has 0 saturated carbocycles. The summed E-state index contributed by atoms with van der Waals surface area (Å²) in [5.74, 6) is 1.21. The van der Waals surface area contributed by atoms with Crippen molar-refractivity contribution in [3.63, 3.8) is 0 Å². The fourth-order valence-corrected chi connectivity index (χ4v) is 5.28. The van der Waals surface area contributed by atoms with Crippen molar-refractivity contribution < 1.29 is 19.1 Å². The number of amides is 2. The molecule has 8 heteroatoms. The van der Waals surface area contributed by atoms with Crippen molar-refractivity contribution >= 4 is 34.5 Å². The zero-order valence-corrected chi connectivity index (χ0v) is 21.8. The molecular formula is C26H32N2O4S2. The van der Waals surface area contributed by atoms with Crippen molar-refractivity contribution in [3.05, 3.63) is 68.0 Å². The van der Waals surface area contributed by atoms with Gasteiger partial charge in [0.1, 0.15) is 6.54 Å². The Balaban J connectivity index is 1.76. The monoisotopic (exact) mass is 500 g/mol. The highest BCUT2D eigenvalue weighted by Gasteiger charge is 2.23. The van der Waals surface area contributed by atoms with Gasteiger partial charge in [-0.25, -0.2) is 0 Å². The normalized spacial score (nSPS) is 10.7. The number of benzene rings is 1. The molecule has 0 aliphatic rings. The number of thiophene rings is 2. The maximum Gasteiger partial charge on any atom is 0.264 e. The van der Waals surface area contributed by atoms with E-state index in [4.69, 9.17) is 9.47 Å². The lowest BCUT2D eigenvalue weighted by molar-refractivity contribution is -0.132. The Hall–Kier alpha value is -2.84. The Labute approximate surface area is 209 Å². The Morgan fingerprint density at radius 2 is 1.74 bits per heavy atom. The lowest BCUT2D eigenvalue weighted by Gasteiger charge is -2.27. The van der Waals surface area contributed by atoms with E-state index in [-0.39, 0.29) is 18.4 Å². The first-order valence-corrected chi connectivity index (χ1v) is 13.1. The van der Waals surface area contributed by atoms with Crippen LogP contribution in [0.2, 0.25) is 0 Å². The molecule has 6 nitrogen and oxygen atoms in total. The van der Waals surface area contributed by atoms with Gasteiger partial charge in [0.2, 0.25) is 5.91 Å². The molecule has 0 unspecified atom stereocenters. The number of rotatable bonds is 12. The molecule has 34 heavy (non-hydrogen) atoms. The van der Waals surface area contributed by atoms with E-state index < -0.39 is 0 Å². The quantitative estimate of drug-likeness (QED) is 0.340. The Bertz CT molecular complexity index is 1080. The maximum absolute atomic E-state index is 13.5. The summed E-state index contributed by atoms with van der Waals surface area (Å²) < 4.78 is 10.8. The minimum absolute atomic E-state index is 0.0494.